The minimum Gasteiger partial charge on any atom is -0.282 e. The molecule has 0 aliphatic rings. The van der Waals surface area contributed by atoms with Gasteiger partial charge in [0.2, 0.25) is 0 Å². The average molecular weight is 322 g/mol. The molecule has 1 aromatic carbocycles. The third-order valence-corrected chi connectivity index (χ3v) is 2.06. The van der Waals surface area contributed by atoms with E-state index in [4.69, 9.17) is 4.55 Å². The van der Waals surface area contributed by atoms with Crippen molar-refractivity contribution >= 4 is 34.1 Å². The lowest BCUT2D eigenvalue weighted by Gasteiger charge is -1.97. The summed E-state index contributed by atoms with van der Waals surface area (Å²) in [7, 11) is -4.59. The van der Waals surface area contributed by atoms with E-state index in [9.17, 15) is 17.2 Å². The van der Waals surface area contributed by atoms with E-state index in [1.807, 2.05) is 0 Å². The number of rotatable bonds is 1. The Morgan fingerprint density at radius 1 is 1.23 bits per heavy atom. The first-order valence-corrected chi connectivity index (χ1v) is 4.28. The van der Waals surface area contributed by atoms with Gasteiger partial charge < -0.3 is 0 Å². The number of hydrogen-bond acceptors (Lipinski definition) is 2. The van der Waals surface area contributed by atoms with Crippen LogP contribution in [0.5, 0.6) is 0 Å². The summed E-state index contributed by atoms with van der Waals surface area (Å²) in [6, 6.07) is 1.77. The van der Waals surface area contributed by atoms with Gasteiger partial charge in [-0.1, -0.05) is 0 Å². The van der Waals surface area contributed by atoms with Crippen molar-refractivity contribution in [3.8, 4) is 0 Å². The van der Waals surface area contributed by atoms with Crippen LogP contribution in [0.15, 0.2) is 23.1 Å². The van der Waals surface area contributed by atoms with Crippen molar-refractivity contribution in [3.63, 3.8) is 0 Å². The summed E-state index contributed by atoms with van der Waals surface area (Å²) in [4.78, 5) is -0.927. The Balaban J connectivity index is 0.00000144. The second-order valence-corrected chi connectivity index (χ2v) is 3.44. The fourth-order valence-electron chi connectivity index (χ4n) is 0.684. The molecule has 7 heteroatoms. The highest BCUT2D eigenvalue weighted by atomic mass is 127. The van der Waals surface area contributed by atoms with Crippen LogP contribution in [0.3, 0.4) is 0 Å². The first-order chi connectivity index (χ1) is 5.41. The molecule has 13 heavy (non-hydrogen) atoms. The summed E-state index contributed by atoms with van der Waals surface area (Å²) < 4.78 is 53.9. The highest BCUT2D eigenvalue weighted by Crippen LogP contribution is 2.14. The van der Waals surface area contributed by atoms with Crippen molar-refractivity contribution in [2.24, 2.45) is 0 Å². The molecular formula is C6H5F2IO3S. The lowest BCUT2D eigenvalue weighted by molar-refractivity contribution is 0.471. The van der Waals surface area contributed by atoms with Gasteiger partial charge in [-0.3, -0.25) is 4.55 Å². The number of hydrogen-bond donors (Lipinski definition) is 1. The van der Waals surface area contributed by atoms with E-state index in [2.05, 4.69) is 0 Å². The van der Waals surface area contributed by atoms with Crippen LogP contribution < -0.4 is 0 Å². The van der Waals surface area contributed by atoms with Crippen molar-refractivity contribution in [2.75, 3.05) is 0 Å². The molecule has 0 amide bonds. The van der Waals surface area contributed by atoms with E-state index in [1.54, 1.807) is 0 Å². The molecule has 0 aliphatic heterocycles. The molecule has 1 rings (SSSR count). The summed E-state index contributed by atoms with van der Waals surface area (Å²) in [5.41, 5.74) is 0. The second-order valence-electron chi connectivity index (χ2n) is 2.05. The van der Waals surface area contributed by atoms with Crippen LogP contribution in [0.25, 0.3) is 0 Å². The summed E-state index contributed by atoms with van der Waals surface area (Å²) in [5.74, 6) is -2.21. The van der Waals surface area contributed by atoms with Gasteiger partial charge in [0.1, 0.15) is 16.5 Å². The van der Waals surface area contributed by atoms with Crippen LogP contribution in [0.1, 0.15) is 0 Å². The Bertz CT molecular complexity index is 404. The van der Waals surface area contributed by atoms with E-state index < -0.39 is 26.6 Å². The highest BCUT2D eigenvalue weighted by molar-refractivity contribution is 14.0. The quantitative estimate of drug-likeness (QED) is 0.634. The first-order valence-electron chi connectivity index (χ1n) is 2.84. The first kappa shape index (κ1) is 12.7. The molecule has 0 aliphatic carbocycles. The van der Waals surface area contributed by atoms with Crippen molar-refractivity contribution in [3.05, 3.63) is 29.8 Å². The van der Waals surface area contributed by atoms with E-state index >= 15 is 0 Å². The standard InChI is InChI=1S/C6H4F2O3S.HI/c7-4-1-2-6(5(8)3-4)12(9,10)11;/h1-3H,(H,9,10,11);1H. The van der Waals surface area contributed by atoms with Gasteiger partial charge >= 0.3 is 0 Å². The third-order valence-electron chi connectivity index (χ3n) is 1.17. The van der Waals surface area contributed by atoms with Gasteiger partial charge in [0, 0.05) is 6.07 Å². The van der Waals surface area contributed by atoms with Gasteiger partial charge in [0.05, 0.1) is 0 Å². The molecule has 0 saturated carbocycles. The number of halogens is 3. The molecule has 3 nitrogen and oxygen atoms in total. The van der Waals surface area contributed by atoms with Crippen LogP contribution in [0, 0.1) is 11.6 Å². The molecule has 0 aromatic heterocycles. The van der Waals surface area contributed by atoms with Crippen molar-refractivity contribution in [1.29, 1.82) is 0 Å². The molecule has 0 spiro atoms. The highest BCUT2D eigenvalue weighted by Gasteiger charge is 2.15. The molecule has 1 aromatic rings. The molecule has 0 heterocycles. The topological polar surface area (TPSA) is 54.4 Å². The minimum atomic E-state index is -4.59. The zero-order chi connectivity index (χ0) is 9.35. The van der Waals surface area contributed by atoms with Gasteiger partial charge in [0.25, 0.3) is 10.1 Å². The zero-order valence-corrected chi connectivity index (χ0v) is 9.22. The zero-order valence-electron chi connectivity index (χ0n) is 6.07. The van der Waals surface area contributed by atoms with Crippen LogP contribution >= 0.6 is 24.0 Å². The lowest BCUT2D eigenvalue weighted by atomic mass is 10.3. The fourth-order valence-corrected chi connectivity index (χ4v) is 1.23. The molecule has 0 radical (unpaired) electrons. The van der Waals surface area contributed by atoms with Crippen LogP contribution in [0.2, 0.25) is 0 Å². The molecule has 0 unspecified atom stereocenters. The maximum atomic E-state index is 12.6. The van der Waals surface area contributed by atoms with E-state index in [1.165, 1.54) is 0 Å². The summed E-state index contributed by atoms with van der Waals surface area (Å²) in [5, 5.41) is 0. The Morgan fingerprint density at radius 3 is 2.15 bits per heavy atom. The predicted molar refractivity (Wildman–Crippen MR) is 51.6 cm³/mol. The Morgan fingerprint density at radius 2 is 1.77 bits per heavy atom. The van der Waals surface area contributed by atoms with E-state index in [0.717, 1.165) is 6.07 Å². The summed E-state index contributed by atoms with van der Waals surface area (Å²) in [6.07, 6.45) is 0. The van der Waals surface area contributed by atoms with E-state index in [0.29, 0.717) is 12.1 Å². The minimum absolute atomic E-state index is 0. The van der Waals surface area contributed by atoms with Crippen molar-refractivity contribution in [1.82, 2.24) is 0 Å². The van der Waals surface area contributed by atoms with Gasteiger partial charge in [0.15, 0.2) is 0 Å². The van der Waals surface area contributed by atoms with Crippen molar-refractivity contribution in [2.45, 2.75) is 4.90 Å². The SMILES string of the molecule is I.O=S(=O)(O)c1ccc(F)cc1F. The molecule has 0 fully saturated rings. The Hall–Kier alpha value is -0.280. The van der Waals surface area contributed by atoms with Crippen LogP contribution in [-0.2, 0) is 10.1 Å². The Labute approximate surface area is 90.5 Å². The van der Waals surface area contributed by atoms with Crippen LogP contribution in [0.4, 0.5) is 8.78 Å². The fraction of sp³-hybridized carbons (Fsp3) is 0. The molecule has 0 bridgehead atoms. The normalized spacial score (nSPS) is 10.7. The predicted octanol–water partition coefficient (Wildman–Crippen LogP) is 1.83. The van der Waals surface area contributed by atoms with Gasteiger partial charge in [-0.2, -0.15) is 8.42 Å². The van der Waals surface area contributed by atoms with Gasteiger partial charge in [-0.25, -0.2) is 8.78 Å². The average Bonchev–Trinajstić information content (AvgIpc) is 1.83. The third kappa shape index (κ3) is 3.16. The number of benzene rings is 1. The Kier molecular flexibility index (Phi) is 4.20. The summed E-state index contributed by atoms with van der Waals surface area (Å²) >= 11 is 0. The molecular weight excluding hydrogens is 317 g/mol. The van der Waals surface area contributed by atoms with Gasteiger partial charge in [-0.15, -0.1) is 24.0 Å². The molecule has 1 N–H and O–H groups in total. The maximum absolute atomic E-state index is 12.6. The molecule has 74 valence electrons. The van der Waals surface area contributed by atoms with Gasteiger partial charge in [-0.05, 0) is 12.1 Å². The largest absolute Gasteiger partial charge is 0.297 e. The maximum Gasteiger partial charge on any atom is 0.297 e. The second kappa shape index (κ2) is 4.29. The lowest BCUT2D eigenvalue weighted by Crippen LogP contribution is -2.01. The van der Waals surface area contributed by atoms with E-state index in [-0.39, 0.29) is 24.0 Å². The monoisotopic (exact) mass is 322 g/mol. The van der Waals surface area contributed by atoms with Crippen molar-refractivity contribution < 1.29 is 21.8 Å². The smallest absolute Gasteiger partial charge is 0.282 e. The molecule has 0 atom stereocenters. The summed E-state index contributed by atoms with van der Waals surface area (Å²) in [6.45, 7) is 0. The van der Waals surface area contributed by atoms with Crippen LogP contribution in [-0.4, -0.2) is 13.0 Å². The molecule has 0 saturated heterocycles.